The SMILES string of the molecule is CCc1cc2ccc(C(C)(C#N)Cc3ccc(Br)cc3)cc2[nH]c1=O. The summed E-state index contributed by atoms with van der Waals surface area (Å²) < 4.78 is 1.02. The Balaban J connectivity index is 2.04. The van der Waals surface area contributed by atoms with Gasteiger partial charge in [-0.15, -0.1) is 0 Å². The topological polar surface area (TPSA) is 56.6 Å². The second kappa shape index (κ2) is 6.85. The van der Waals surface area contributed by atoms with Gasteiger partial charge in [0.1, 0.15) is 0 Å². The number of halogens is 1. The van der Waals surface area contributed by atoms with Crippen molar-refractivity contribution in [1.29, 1.82) is 5.26 Å². The molecule has 1 aromatic heterocycles. The van der Waals surface area contributed by atoms with Gasteiger partial charge >= 0.3 is 0 Å². The Hall–Kier alpha value is -2.38. The molecule has 0 aliphatic rings. The number of fused-ring (bicyclic) bond motifs is 1. The number of nitriles is 1. The third-order valence-corrected chi connectivity index (χ3v) is 5.19. The number of rotatable bonds is 4. The number of nitrogens with zero attached hydrogens (tertiary/aromatic N) is 1. The molecule has 0 radical (unpaired) electrons. The molecule has 0 saturated carbocycles. The molecule has 0 fully saturated rings. The molecule has 1 N–H and O–H groups in total. The first-order valence-corrected chi connectivity index (χ1v) is 9.06. The van der Waals surface area contributed by atoms with Gasteiger partial charge in [-0.25, -0.2) is 0 Å². The lowest BCUT2D eigenvalue weighted by molar-refractivity contribution is 0.607. The Kier molecular flexibility index (Phi) is 4.78. The molecule has 0 amide bonds. The molecular formula is C21H19BrN2O. The van der Waals surface area contributed by atoms with Crippen LogP contribution in [-0.2, 0) is 18.3 Å². The Morgan fingerprint density at radius 3 is 2.52 bits per heavy atom. The van der Waals surface area contributed by atoms with E-state index in [-0.39, 0.29) is 5.56 Å². The highest BCUT2D eigenvalue weighted by Gasteiger charge is 2.27. The lowest BCUT2D eigenvalue weighted by Crippen LogP contribution is -2.23. The minimum Gasteiger partial charge on any atom is -0.322 e. The van der Waals surface area contributed by atoms with E-state index in [4.69, 9.17) is 0 Å². The summed E-state index contributed by atoms with van der Waals surface area (Å²) in [5.74, 6) is 0. The molecule has 126 valence electrons. The summed E-state index contributed by atoms with van der Waals surface area (Å²) in [7, 11) is 0. The molecule has 3 rings (SSSR count). The number of hydrogen-bond donors (Lipinski definition) is 1. The average molecular weight is 395 g/mol. The highest BCUT2D eigenvalue weighted by atomic mass is 79.9. The van der Waals surface area contributed by atoms with Gasteiger partial charge in [-0.05, 0) is 60.5 Å². The smallest absolute Gasteiger partial charge is 0.251 e. The monoisotopic (exact) mass is 394 g/mol. The zero-order valence-corrected chi connectivity index (χ0v) is 15.9. The number of pyridine rings is 1. The molecule has 3 aromatic rings. The van der Waals surface area contributed by atoms with Crippen LogP contribution in [0.2, 0.25) is 0 Å². The molecular weight excluding hydrogens is 376 g/mol. The van der Waals surface area contributed by atoms with Gasteiger partial charge in [0, 0.05) is 15.6 Å². The lowest BCUT2D eigenvalue weighted by atomic mass is 9.78. The summed E-state index contributed by atoms with van der Waals surface area (Å²) >= 11 is 3.43. The van der Waals surface area contributed by atoms with Gasteiger partial charge in [0.2, 0.25) is 0 Å². The fourth-order valence-electron chi connectivity index (χ4n) is 3.07. The van der Waals surface area contributed by atoms with E-state index in [1.807, 2.05) is 62.4 Å². The van der Waals surface area contributed by atoms with Crippen molar-refractivity contribution in [3.63, 3.8) is 0 Å². The van der Waals surface area contributed by atoms with Crippen molar-refractivity contribution in [3.8, 4) is 6.07 Å². The van der Waals surface area contributed by atoms with Crippen LogP contribution in [0.1, 0.15) is 30.5 Å². The molecule has 0 aliphatic heterocycles. The lowest BCUT2D eigenvalue weighted by Gasteiger charge is -2.23. The van der Waals surface area contributed by atoms with Crippen LogP contribution >= 0.6 is 15.9 Å². The first-order chi connectivity index (χ1) is 11.9. The van der Waals surface area contributed by atoms with Crippen LogP contribution < -0.4 is 5.56 Å². The van der Waals surface area contributed by atoms with Gasteiger partial charge in [-0.3, -0.25) is 4.79 Å². The third kappa shape index (κ3) is 3.52. The maximum Gasteiger partial charge on any atom is 0.251 e. The van der Waals surface area contributed by atoms with Crippen LogP contribution in [0.3, 0.4) is 0 Å². The first-order valence-electron chi connectivity index (χ1n) is 8.27. The van der Waals surface area contributed by atoms with Crippen LogP contribution in [0.25, 0.3) is 10.9 Å². The molecule has 3 nitrogen and oxygen atoms in total. The molecule has 0 spiro atoms. The maximum atomic E-state index is 12.1. The van der Waals surface area contributed by atoms with Crippen molar-refractivity contribution in [2.75, 3.05) is 0 Å². The van der Waals surface area contributed by atoms with Crippen molar-refractivity contribution in [2.45, 2.75) is 32.1 Å². The van der Waals surface area contributed by atoms with Gasteiger partial charge < -0.3 is 4.98 Å². The number of benzene rings is 2. The summed E-state index contributed by atoms with van der Waals surface area (Å²) in [6.07, 6.45) is 1.31. The van der Waals surface area contributed by atoms with Crippen LogP contribution in [-0.4, -0.2) is 4.98 Å². The molecule has 1 heterocycles. The van der Waals surface area contributed by atoms with Crippen LogP contribution in [0, 0.1) is 11.3 Å². The number of H-pyrrole nitrogens is 1. The summed E-state index contributed by atoms with van der Waals surface area (Å²) in [5, 5.41) is 10.8. The number of nitrogens with one attached hydrogen (secondary N) is 1. The fourth-order valence-corrected chi connectivity index (χ4v) is 3.33. The predicted molar refractivity (Wildman–Crippen MR) is 105 cm³/mol. The quantitative estimate of drug-likeness (QED) is 0.685. The first kappa shape index (κ1) is 17.4. The zero-order chi connectivity index (χ0) is 18.0. The summed E-state index contributed by atoms with van der Waals surface area (Å²) in [4.78, 5) is 15.0. The molecule has 0 bridgehead atoms. The minimum atomic E-state index is -0.664. The minimum absolute atomic E-state index is 0.0567. The Bertz CT molecular complexity index is 1010. The van der Waals surface area contributed by atoms with Gasteiger partial charge in [0.05, 0.1) is 11.5 Å². The van der Waals surface area contributed by atoms with Crippen molar-refractivity contribution < 1.29 is 0 Å². The molecule has 1 unspecified atom stereocenters. The van der Waals surface area contributed by atoms with Crippen molar-refractivity contribution in [3.05, 3.63) is 80.0 Å². The van der Waals surface area contributed by atoms with Gasteiger partial charge in [-0.1, -0.05) is 47.1 Å². The Morgan fingerprint density at radius 2 is 1.88 bits per heavy atom. The molecule has 0 aliphatic carbocycles. The fraction of sp³-hybridized carbons (Fsp3) is 0.238. The van der Waals surface area contributed by atoms with Crippen molar-refractivity contribution in [1.82, 2.24) is 4.98 Å². The largest absolute Gasteiger partial charge is 0.322 e. The van der Waals surface area contributed by atoms with Gasteiger partial charge in [-0.2, -0.15) is 5.26 Å². The van der Waals surface area contributed by atoms with E-state index in [0.717, 1.165) is 32.1 Å². The summed E-state index contributed by atoms with van der Waals surface area (Å²) in [6, 6.07) is 18.3. The maximum absolute atomic E-state index is 12.1. The second-order valence-electron chi connectivity index (χ2n) is 6.53. The van der Waals surface area contributed by atoms with E-state index < -0.39 is 5.41 Å². The molecule has 1 atom stereocenters. The second-order valence-corrected chi connectivity index (χ2v) is 7.44. The van der Waals surface area contributed by atoms with Gasteiger partial charge in [0.15, 0.2) is 0 Å². The van der Waals surface area contributed by atoms with Crippen LogP contribution in [0.5, 0.6) is 0 Å². The van der Waals surface area contributed by atoms with Crippen LogP contribution in [0.4, 0.5) is 0 Å². The van der Waals surface area contributed by atoms with Gasteiger partial charge in [0.25, 0.3) is 5.56 Å². The normalized spacial score (nSPS) is 13.4. The number of hydrogen-bond acceptors (Lipinski definition) is 2. The highest BCUT2D eigenvalue weighted by Crippen LogP contribution is 2.30. The molecule has 4 heteroatoms. The van der Waals surface area contributed by atoms with E-state index in [9.17, 15) is 10.1 Å². The summed E-state index contributed by atoms with van der Waals surface area (Å²) in [6.45, 7) is 3.91. The zero-order valence-electron chi connectivity index (χ0n) is 14.3. The van der Waals surface area contributed by atoms with E-state index >= 15 is 0 Å². The molecule has 2 aromatic carbocycles. The summed E-state index contributed by atoms with van der Waals surface area (Å²) in [5.41, 5.74) is 2.84. The standard InChI is InChI=1S/C21H19BrN2O/c1-3-15-10-16-6-7-17(11-19(16)24-20(15)25)21(2,13-23)12-14-4-8-18(22)9-5-14/h4-11H,3,12H2,1-2H3,(H,24,25). The van der Waals surface area contributed by atoms with Crippen molar-refractivity contribution >= 4 is 26.8 Å². The number of aromatic amines is 1. The number of aromatic nitrogens is 1. The van der Waals surface area contributed by atoms with Crippen LogP contribution in [0.15, 0.2) is 57.8 Å². The van der Waals surface area contributed by atoms with E-state index in [1.54, 1.807) is 0 Å². The van der Waals surface area contributed by atoms with Crippen molar-refractivity contribution in [2.24, 2.45) is 0 Å². The average Bonchev–Trinajstić information content (AvgIpc) is 2.62. The Labute approximate surface area is 155 Å². The number of aryl methyl sites for hydroxylation is 1. The highest BCUT2D eigenvalue weighted by molar-refractivity contribution is 9.10. The van der Waals surface area contributed by atoms with E-state index in [1.165, 1.54) is 0 Å². The molecule has 25 heavy (non-hydrogen) atoms. The third-order valence-electron chi connectivity index (χ3n) is 4.66. The predicted octanol–water partition coefficient (Wildman–Crippen LogP) is 4.88. The van der Waals surface area contributed by atoms with E-state index in [0.29, 0.717) is 12.8 Å². The Morgan fingerprint density at radius 1 is 1.16 bits per heavy atom. The molecule has 0 saturated heterocycles. The van der Waals surface area contributed by atoms with E-state index in [2.05, 4.69) is 27.0 Å².